The van der Waals surface area contributed by atoms with Crippen LogP contribution in [0.1, 0.15) is 28.2 Å². The van der Waals surface area contributed by atoms with E-state index in [2.05, 4.69) is 10.1 Å². The number of carbonyl (C=O) groups excluding carboxylic acids is 1. The first-order chi connectivity index (χ1) is 11.3. The first kappa shape index (κ1) is 16.3. The zero-order valence-corrected chi connectivity index (χ0v) is 12.7. The second kappa shape index (κ2) is 6.14. The largest absolute Gasteiger partial charge is 0.472 e. The first-order valence-corrected chi connectivity index (χ1v) is 7.25. The van der Waals surface area contributed by atoms with Gasteiger partial charge in [0.1, 0.15) is 11.9 Å². The Bertz CT molecular complexity index is 745. The van der Waals surface area contributed by atoms with Crippen LogP contribution in [0, 0.1) is 6.92 Å². The van der Waals surface area contributed by atoms with E-state index in [1.807, 2.05) is 0 Å². The summed E-state index contributed by atoms with van der Waals surface area (Å²) in [7, 11) is 0. The molecule has 0 unspecified atom stereocenters. The van der Waals surface area contributed by atoms with Crippen LogP contribution in [0.3, 0.4) is 0 Å². The van der Waals surface area contributed by atoms with Crippen molar-refractivity contribution in [3.05, 3.63) is 41.4 Å². The lowest BCUT2D eigenvalue weighted by molar-refractivity contribution is -0.137. The normalized spacial score (nSPS) is 18.0. The van der Waals surface area contributed by atoms with Gasteiger partial charge in [0.05, 0.1) is 12.1 Å². The highest BCUT2D eigenvalue weighted by molar-refractivity contribution is 5.92. The number of carbonyl (C=O) groups is 1. The van der Waals surface area contributed by atoms with Crippen molar-refractivity contribution in [3.63, 3.8) is 0 Å². The molecule has 1 aliphatic rings. The van der Waals surface area contributed by atoms with Crippen LogP contribution in [0.2, 0.25) is 0 Å². The molecule has 9 heteroatoms. The highest BCUT2D eigenvalue weighted by Crippen LogP contribution is 2.31. The molecule has 128 valence electrons. The summed E-state index contributed by atoms with van der Waals surface area (Å²) in [6.07, 6.45) is -3.32. The van der Waals surface area contributed by atoms with Crippen molar-refractivity contribution in [1.82, 2.24) is 15.0 Å². The third-order valence-corrected chi connectivity index (χ3v) is 3.63. The van der Waals surface area contributed by atoms with Gasteiger partial charge in [-0.15, -0.1) is 0 Å². The highest BCUT2D eigenvalue weighted by atomic mass is 19.4. The molecule has 6 nitrogen and oxygen atoms in total. The van der Waals surface area contributed by atoms with E-state index in [1.165, 1.54) is 11.0 Å². The van der Waals surface area contributed by atoms with Crippen molar-refractivity contribution in [2.75, 3.05) is 13.1 Å². The summed E-state index contributed by atoms with van der Waals surface area (Å²) >= 11 is 0. The smallest absolute Gasteiger partial charge is 0.416 e. The van der Waals surface area contributed by atoms with Crippen molar-refractivity contribution < 1.29 is 27.2 Å². The molecule has 0 aromatic carbocycles. The first-order valence-electron chi connectivity index (χ1n) is 7.25. The molecule has 2 aromatic rings. The molecule has 2 aromatic heterocycles. The van der Waals surface area contributed by atoms with E-state index in [1.54, 1.807) is 6.92 Å². The lowest BCUT2D eigenvalue weighted by Gasteiger charge is -2.16. The van der Waals surface area contributed by atoms with Gasteiger partial charge >= 0.3 is 6.18 Å². The number of rotatable bonds is 3. The predicted molar refractivity (Wildman–Crippen MR) is 75.4 cm³/mol. The van der Waals surface area contributed by atoms with Gasteiger partial charge in [0.15, 0.2) is 5.69 Å². The maximum Gasteiger partial charge on any atom is 0.416 e. The van der Waals surface area contributed by atoms with Crippen LogP contribution >= 0.6 is 0 Å². The van der Waals surface area contributed by atoms with Crippen LogP contribution in [0.4, 0.5) is 13.2 Å². The Morgan fingerprint density at radius 3 is 2.88 bits per heavy atom. The molecule has 3 rings (SSSR count). The molecule has 0 saturated carbocycles. The topological polar surface area (TPSA) is 68.5 Å². The molecule has 3 heterocycles. The molecule has 0 aliphatic carbocycles. The van der Waals surface area contributed by atoms with Crippen molar-refractivity contribution in [1.29, 1.82) is 0 Å². The van der Waals surface area contributed by atoms with Gasteiger partial charge in [-0.1, -0.05) is 5.16 Å². The minimum absolute atomic E-state index is 0.110. The molecule has 24 heavy (non-hydrogen) atoms. The van der Waals surface area contributed by atoms with E-state index < -0.39 is 17.8 Å². The van der Waals surface area contributed by atoms with Gasteiger partial charge in [-0.05, 0) is 13.0 Å². The number of likely N-dealkylation sites (tertiary alicyclic amines) is 1. The minimum atomic E-state index is -4.45. The standard InChI is InChI=1S/C15H14F3N3O3/c1-9-6-12(20-24-9)14(22)21-5-3-11(8-21)23-13-7-10(2-4-19-13)15(16,17)18/h2,4,6-7,11H,3,5,8H2,1H3/t11-/m1/s1. The molecule has 1 aliphatic heterocycles. The van der Waals surface area contributed by atoms with Crippen molar-refractivity contribution in [2.45, 2.75) is 25.6 Å². The number of amides is 1. The average Bonchev–Trinajstić information content (AvgIpc) is 3.15. The van der Waals surface area contributed by atoms with Crippen molar-refractivity contribution in [2.24, 2.45) is 0 Å². The summed E-state index contributed by atoms with van der Waals surface area (Å²) in [4.78, 5) is 17.5. The quantitative estimate of drug-likeness (QED) is 0.859. The second-order valence-corrected chi connectivity index (χ2v) is 5.48. The van der Waals surface area contributed by atoms with Crippen molar-refractivity contribution in [3.8, 4) is 5.88 Å². The lowest BCUT2D eigenvalue weighted by Crippen LogP contribution is -2.31. The maximum absolute atomic E-state index is 12.7. The van der Waals surface area contributed by atoms with E-state index in [4.69, 9.17) is 9.26 Å². The number of hydrogen-bond acceptors (Lipinski definition) is 5. The summed E-state index contributed by atoms with van der Waals surface area (Å²) < 4.78 is 48.4. The molecule has 1 saturated heterocycles. The fraction of sp³-hybridized carbons (Fsp3) is 0.400. The van der Waals surface area contributed by atoms with Crippen LogP contribution in [-0.4, -0.2) is 40.1 Å². The average molecular weight is 341 g/mol. The Morgan fingerprint density at radius 2 is 2.21 bits per heavy atom. The second-order valence-electron chi connectivity index (χ2n) is 5.48. The zero-order chi connectivity index (χ0) is 17.3. The minimum Gasteiger partial charge on any atom is -0.472 e. The van der Waals surface area contributed by atoms with E-state index >= 15 is 0 Å². The molecule has 1 fully saturated rings. The van der Waals surface area contributed by atoms with Crippen molar-refractivity contribution >= 4 is 5.91 Å². The zero-order valence-electron chi connectivity index (χ0n) is 12.7. The van der Waals surface area contributed by atoms with E-state index in [0.29, 0.717) is 18.7 Å². The summed E-state index contributed by atoms with van der Waals surface area (Å²) in [5.41, 5.74) is -0.623. The van der Waals surface area contributed by atoms with Crippen LogP contribution in [0.25, 0.3) is 0 Å². The van der Waals surface area contributed by atoms with Crippen LogP contribution in [-0.2, 0) is 6.18 Å². The van der Waals surface area contributed by atoms with E-state index in [9.17, 15) is 18.0 Å². The number of alkyl halides is 3. The fourth-order valence-electron chi connectivity index (χ4n) is 2.46. The summed E-state index contributed by atoms with van der Waals surface area (Å²) in [5.74, 6) is 0.120. The van der Waals surface area contributed by atoms with Gasteiger partial charge in [-0.3, -0.25) is 4.79 Å². The van der Waals surface area contributed by atoms with E-state index in [-0.39, 0.29) is 24.0 Å². The van der Waals surface area contributed by atoms with Gasteiger partial charge < -0.3 is 14.2 Å². The number of pyridine rings is 1. The Balaban J connectivity index is 1.63. The van der Waals surface area contributed by atoms with E-state index in [0.717, 1.165) is 18.3 Å². The van der Waals surface area contributed by atoms with Crippen LogP contribution in [0.5, 0.6) is 5.88 Å². The van der Waals surface area contributed by atoms with Gasteiger partial charge in [-0.2, -0.15) is 13.2 Å². The SMILES string of the molecule is Cc1cc(C(=O)N2CC[C@@H](Oc3cc(C(F)(F)F)ccn3)C2)no1. The molecule has 0 radical (unpaired) electrons. The maximum atomic E-state index is 12.7. The predicted octanol–water partition coefficient (Wildman–Crippen LogP) is 2.69. The summed E-state index contributed by atoms with van der Waals surface area (Å²) in [6, 6.07) is 3.26. The third-order valence-electron chi connectivity index (χ3n) is 3.63. The van der Waals surface area contributed by atoms with Gasteiger partial charge in [0.25, 0.3) is 5.91 Å². The number of nitrogens with zero attached hydrogens (tertiary/aromatic N) is 3. The number of ether oxygens (including phenoxy) is 1. The number of aryl methyl sites for hydroxylation is 1. The number of halogens is 3. The molecule has 1 atom stereocenters. The number of aromatic nitrogens is 2. The summed E-state index contributed by atoms with van der Waals surface area (Å²) in [6.45, 7) is 2.36. The molecule has 0 spiro atoms. The number of hydrogen-bond donors (Lipinski definition) is 0. The Hall–Kier alpha value is -2.58. The highest BCUT2D eigenvalue weighted by Gasteiger charge is 2.33. The third kappa shape index (κ3) is 3.50. The van der Waals surface area contributed by atoms with Crippen LogP contribution < -0.4 is 4.74 Å². The van der Waals surface area contributed by atoms with Gasteiger partial charge in [0.2, 0.25) is 5.88 Å². The lowest BCUT2D eigenvalue weighted by atomic mass is 10.2. The fourth-order valence-corrected chi connectivity index (χ4v) is 2.46. The van der Waals surface area contributed by atoms with Gasteiger partial charge in [-0.25, -0.2) is 4.98 Å². The molecular formula is C15H14F3N3O3. The summed E-state index contributed by atoms with van der Waals surface area (Å²) in [5, 5.41) is 3.66. The molecular weight excluding hydrogens is 327 g/mol. The Morgan fingerprint density at radius 1 is 1.42 bits per heavy atom. The molecule has 1 amide bonds. The Labute approximate surface area is 135 Å². The van der Waals surface area contributed by atoms with Crippen LogP contribution in [0.15, 0.2) is 28.9 Å². The Kier molecular flexibility index (Phi) is 4.16. The molecule has 0 bridgehead atoms. The van der Waals surface area contributed by atoms with Gasteiger partial charge in [0, 0.05) is 31.3 Å². The molecule has 0 N–H and O–H groups in total. The monoisotopic (exact) mass is 341 g/mol.